The Balaban J connectivity index is 2.65. The first-order valence-electron chi connectivity index (χ1n) is 6.77. The third-order valence-electron chi connectivity index (χ3n) is 3.28. The zero-order valence-corrected chi connectivity index (χ0v) is 13.9. The lowest BCUT2D eigenvalue weighted by atomic mass is 10.1. The second-order valence-electron chi connectivity index (χ2n) is 5.21. The molecule has 1 unspecified atom stereocenters. The summed E-state index contributed by atoms with van der Waals surface area (Å²) in [5.74, 6) is 0.0941. The van der Waals surface area contributed by atoms with Gasteiger partial charge in [-0.1, -0.05) is 43.1 Å². The highest BCUT2D eigenvalue weighted by Crippen LogP contribution is 2.29. The minimum absolute atomic E-state index is 0.0775. The van der Waals surface area contributed by atoms with Gasteiger partial charge in [0.1, 0.15) is 0 Å². The van der Waals surface area contributed by atoms with E-state index in [9.17, 15) is 4.79 Å². The zero-order valence-electron chi connectivity index (χ0n) is 12.4. The molecule has 1 aromatic rings. The van der Waals surface area contributed by atoms with E-state index in [0.717, 1.165) is 5.56 Å². The molecule has 0 bridgehead atoms. The Morgan fingerprint density at radius 1 is 1.30 bits per heavy atom. The second-order valence-corrected chi connectivity index (χ2v) is 6.05. The van der Waals surface area contributed by atoms with E-state index >= 15 is 0 Å². The van der Waals surface area contributed by atoms with Crippen molar-refractivity contribution in [2.75, 3.05) is 13.6 Å². The van der Waals surface area contributed by atoms with E-state index in [0.29, 0.717) is 29.1 Å². The van der Waals surface area contributed by atoms with Crippen molar-refractivity contribution in [1.29, 1.82) is 0 Å². The van der Waals surface area contributed by atoms with Gasteiger partial charge in [-0.3, -0.25) is 4.79 Å². The van der Waals surface area contributed by atoms with Crippen molar-refractivity contribution in [2.24, 2.45) is 0 Å². The van der Waals surface area contributed by atoms with Crippen molar-refractivity contribution in [2.45, 2.75) is 39.3 Å². The van der Waals surface area contributed by atoms with Crippen LogP contribution in [-0.4, -0.2) is 30.4 Å². The highest BCUT2D eigenvalue weighted by Gasteiger charge is 2.19. The van der Waals surface area contributed by atoms with Crippen LogP contribution in [0.3, 0.4) is 0 Å². The number of hydrogen-bond donors (Lipinski definition) is 1. The highest BCUT2D eigenvalue weighted by molar-refractivity contribution is 6.35. The van der Waals surface area contributed by atoms with E-state index in [-0.39, 0.29) is 11.9 Å². The molecule has 1 rings (SSSR count). The number of carbonyl (C=O) groups excluding carboxylic acids is 1. The molecule has 1 amide bonds. The van der Waals surface area contributed by atoms with Crippen LogP contribution < -0.4 is 5.32 Å². The van der Waals surface area contributed by atoms with E-state index in [1.165, 1.54) is 0 Å². The van der Waals surface area contributed by atoms with E-state index < -0.39 is 0 Å². The fourth-order valence-electron chi connectivity index (χ4n) is 1.91. The van der Waals surface area contributed by atoms with Gasteiger partial charge in [-0.15, -0.1) is 0 Å². The number of halogens is 2. The summed E-state index contributed by atoms with van der Waals surface area (Å²) in [5.41, 5.74) is 0.906. The summed E-state index contributed by atoms with van der Waals surface area (Å²) in [6, 6.07) is 5.67. The molecule has 0 aliphatic heterocycles. The average Bonchev–Trinajstić information content (AvgIpc) is 2.36. The molecule has 0 radical (unpaired) electrons. The first-order chi connectivity index (χ1) is 9.32. The standard InChI is InChI=1S/C15H22Cl2N2O/c1-10(2)18-8-7-15(20)19(4)11(3)13-6-5-12(16)9-14(13)17/h5-6,9-11,18H,7-8H2,1-4H3. The van der Waals surface area contributed by atoms with Gasteiger partial charge >= 0.3 is 0 Å². The van der Waals surface area contributed by atoms with Crippen LogP contribution >= 0.6 is 23.2 Å². The molecule has 0 saturated heterocycles. The smallest absolute Gasteiger partial charge is 0.224 e. The summed E-state index contributed by atoms with van der Waals surface area (Å²) >= 11 is 12.1. The Morgan fingerprint density at radius 3 is 2.50 bits per heavy atom. The lowest BCUT2D eigenvalue weighted by molar-refractivity contribution is -0.131. The summed E-state index contributed by atoms with van der Waals surface area (Å²) in [6.07, 6.45) is 0.476. The van der Waals surface area contributed by atoms with E-state index in [4.69, 9.17) is 23.2 Å². The number of nitrogens with zero attached hydrogens (tertiary/aromatic N) is 1. The van der Waals surface area contributed by atoms with Crippen LogP contribution in [0.1, 0.15) is 38.8 Å². The predicted molar refractivity (Wildman–Crippen MR) is 85.4 cm³/mol. The predicted octanol–water partition coefficient (Wildman–Crippen LogP) is 3.90. The van der Waals surface area contributed by atoms with Gasteiger partial charge in [-0.2, -0.15) is 0 Å². The summed E-state index contributed by atoms with van der Waals surface area (Å²) in [5, 5.41) is 4.42. The molecule has 0 aliphatic carbocycles. The van der Waals surface area contributed by atoms with Crippen molar-refractivity contribution in [1.82, 2.24) is 10.2 Å². The first kappa shape index (κ1) is 17.3. The van der Waals surface area contributed by atoms with Crippen LogP contribution in [0.15, 0.2) is 18.2 Å². The molecule has 1 aromatic carbocycles. The largest absolute Gasteiger partial charge is 0.339 e. The van der Waals surface area contributed by atoms with Gasteiger partial charge in [0.15, 0.2) is 0 Å². The molecule has 1 atom stereocenters. The molecule has 0 aromatic heterocycles. The Hall–Kier alpha value is -0.770. The van der Waals surface area contributed by atoms with Gasteiger partial charge in [0, 0.05) is 36.1 Å². The molecule has 5 heteroatoms. The molecule has 20 heavy (non-hydrogen) atoms. The SMILES string of the molecule is CC(C)NCCC(=O)N(C)C(C)c1ccc(Cl)cc1Cl. The van der Waals surface area contributed by atoms with Crippen molar-refractivity contribution < 1.29 is 4.79 Å². The highest BCUT2D eigenvalue weighted by atomic mass is 35.5. The Morgan fingerprint density at radius 2 is 1.95 bits per heavy atom. The minimum Gasteiger partial charge on any atom is -0.339 e. The topological polar surface area (TPSA) is 32.3 Å². The third-order valence-corrected chi connectivity index (χ3v) is 3.84. The van der Waals surface area contributed by atoms with Gasteiger partial charge in [0.2, 0.25) is 5.91 Å². The van der Waals surface area contributed by atoms with Gasteiger partial charge in [-0.05, 0) is 24.6 Å². The maximum absolute atomic E-state index is 12.1. The van der Waals surface area contributed by atoms with Crippen LogP contribution in [-0.2, 0) is 4.79 Å². The van der Waals surface area contributed by atoms with Crippen LogP contribution in [0.4, 0.5) is 0 Å². The minimum atomic E-state index is -0.0775. The van der Waals surface area contributed by atoms with Gasteiger partial charge in [0.05, 0.1) is 6.04 Å². The van der Waals surface area contributed by atoms with Crippen LogP contribution in [0, 0.1) is 0 Å². The van der Waals surface area contributed by atoms with Crippen LogP contribution in [0.2, 0.25) is 10.0 Å². The summed E-state index contributed by atoms with van der Waals surface area (Å²) in [7, 11) is 1.80. The molecule has 112 valence electrons. The molecule has 1 N–H and O–H groups in total. The number of benzene rings is 1. The molecule has 0 spiro atoms. The summed E-state index contributed by atoms with van der Waals surface area (Å²) < 4.78 is 0. The maximum Gasteiger partial charge on any atom is 0.224 e. The molecule has 0 aliphatic rings. The maximum atomic E-state index is 12.1. The lowest BCUT2D eigenvalue weighted by Crippen LogP contribution is -2.33. The molecular formula is C15H22Cl2N2O. The molecule has 0 saturated carbocycles. The zero-order chi connectivity index (χ0) is 15.3. The third kappa shape index (κ3) is 4.97. The number of carbonyl (C=O) groups is 1. The van der Waals surface area contributed by atoms with Crippen molar-refractivity contribution in [3.8, 4) is 0 Å². The lowest BCUT2D eigenvalue weighted by Gasteiger charge is -2.26. The molecule has 0 fully saturated rings. The van der Waals surface area contributed by atoms with Gasteiger partial charge < -0.3 is 10.2 Å². The Labute approximate surface area is 131 Å². The van der Waals surface area contributed by atoms with Crippen LogP contribution in [0.5, 0.6) is 0 Å². The Bertz CT molecular complexity index is 463. The summed E-state index contributed by atoms with van der Waals surface area (Å²) in [4.78, 5) is 13.9. The Kier molecular flexibility index (Phi) is 6.80. The fourth-order valence-corrected chi connectivity index (χ4v) is 2.48. The number of hydrogen-bond acceptors (Lipinski definition) is 2. The van der Waals surface area contributed by atoms with Crippen molar-refractivity contribution >= 4 is 29.1 Å². The normalized spacial score (nSPS) is 12.6. The number of nitrogens with one attached hydrogen (secondary N) is 1. The quantitative estimate of drug-likeness (QED) is 0.863. The first-order valence-corrected chi connectivity index (χ1v) is 7.52. The summed E-state index contributed by atoms with van der Waals surface area (Å²) in [6.45, 7) is 6.76. The second kappa shape index (κ2) is 7.87. The molecule has 0 heterocycles. The average molecular weight is 317 g/mol. The van der Waals surface area contributed by atoms with Gasteiger partial charge in [0.25, 0.3) is 0 Å². The van der Waals surface area contributed by atoms with E-state index in [1.807, 2.05) is 13.0 Å². The van der Waals surface area contributed by atoms with Crippen molar-refractivity contribution in [3.05, 3.63) is 33.8 Å². The van der Waals surface area contributed by atoms with E-state index in [1.54, 1.807) is 24.1 Å². The van der Waals surface area contributed by atoms with Crippen LogP contribution in [0.25, 0.3) is 0 Å². The molecule has 3 nitrogen and oxygen atoms in total. The molecular weight excluding hydrogens is 295 g/mol. The van der Waals surface area contributed by atoms with Crippen molar-refractivity contribution in [3.63, 3.8) is 0 Å². The monoisotopic (exact) mass is 316 g/mol. The van der Waals surface area contributed by atoms with Gasteiger partial charge in [-0.25, -0.2) is 0 Å². The fraction of sp³-hybridized carbons (Fsp3) is 0.533. The number of amides is 1. The number of rotatable bonds is 6. The van der Waals surface area contributed by atoms with E-state index in [2.05, 4.69) is 19.2 Å².